The number of nitrogens with zero attached hydrogens (tertiary/aromatic N) is 3. The van der Waals surface area contributed by atoms with Gasteiger partial charge in [-0.05, 0) is 12.8 Å². The van der Waals surface area contributed by atoms with Gasteiger partial charge < -0.3 is 4.52 Å². The predicted molar refractivity (Wildman–Crippen MR) is 64.6 cm³/mol. The molecule has 1 aromatic rings. The summed E-state index contributed by atoms with van der Waals surface area (Å²) in [5.74, 6) is 0.299. The van der Waals surface area contributed by atoms with Gasteiger partial charge in [0.05, 0.1) is 18.4 Å². The van der Waals surface area contributed by atoms with Crippen LogP contribution in [-0.2, 0) is 22.6 Å². The smallest absolute Gasteiger partial charge is 0.233 e. The number of carbonyl (C=O) groups excluding carboxylic acids is 2. The van der Waals surface area contributed by atoms with Gasteiger partial charge in [-0.3, -0.25) is 14.5 Å². The lowest BCUT2D eigenvalue weighted by Crippen LogP contribution is -2.31. The minimum atomic E-state index is -0.199. The van der Waals surface area contributed by atoms with Crippen LogP contribution in [0, 0.1) is 11.8 Å². The van der Waals surface area contributed by atoms with Gasteiger partial charge in [-0.2, -0.15) is 4.98 Å². The molecule has 1 saturated heterocycles. The molecule has 0 bridgehead atoms. The Kier molecular flexibility index (Phi) is 2.93. The largest absolute Gasteiger partial charge is 0.339 e. The maximum atomic E-state index is 12.2. The van der Waals surface area contributed by atoms with Crippen molar-refractivity contribution in [2.24, 2.45) is 11.8 Å². The summed E-state index contributed by atoms with van der Waals surface area (Å²) in [5, 5.41) is 3.79. The number of amides is 2. The lowest BCUT2D eigenvalue weighted by atomic mass is 9.85. The SMILES string of the molecule is CCc1nc(CN2C(=O)C3CC=CCC3C2=O)no1. The molecule has 19 heavy (non-hydrogen) atoms. The molecule has 100 valence electrons. The molecule has 1 fully saturated rings. The van der Waals surface area contributed by atoms with Gasteiger partial charge >= 0.3 is 0 Å². The Balaban J connectivity index is 1.78. The van der Waals surface area contributed by atoms with Gasteiger partial charge in [-0.1, -0.05) is 24.2 Å². The zero-order valence-electron chi connectivity index (χ0n) is 10.7. The Morgan fingerprint density at radius 3 is 2.42 bits per heavy atom. The summed E-state index contributed by atoms with van der Waals surface area (Å²) in [6.07, 6.45) is 5.89. The molecule has 0 saturated carbocycles. The fourth-order valence-corrected chi connectivity index (χ4v) is 2.66. The summed E-state index contributed by atoms with van der Waals surface area (Å²) in [5.41, 5.74) is 0. The van der Waals surface area contributed by atoms with Crippen LogP contribution in [0.15, 0.2) is 16.7 Å². The summed E-state index contributed by atoms with van der Waals surface area (Å²) in [7, 11) is 0. The number of likely N-dealkylation sites (tertiary alicyclic amines) is 1. The number of fused-ring (bicyclic) bond motifs is 1. The first-order valence-electron chi connectivity index (χ1n) is 6.52. The van der Waals surface area contributed by atoms with Gasteiger partial charge in [0, 0.05) is 6.42 Å². The van der Waals surface area contributed by atoms with E-state index in [1.807, 2.05) is 19.1 Å². The molecule has 0 N–H and O–H groups in total. The topological polar surface area (TPSA) is 76.3 Å². The molecule has 2 heterocycles. The van der Waals surface area contributed by atoms with Crippen LogP contribution in [-0.4, -0.2) is 26.9 Å². The normalized spacial score (nSPS) is 26.1. The third-order valence-corrected chi connectivity index (χ3v) is 3.71. The van der Waals surface area contributed by atoms with Crippen LogP contribution in [0.3, 0.4) is 0 Å². The quantitative estimate of drug-likeness (QED) is 0.601. The van der Waals surface area contributed by atoms with Crippen molar-refractivity contribution in [1.29, 1.82) is 0 Å². The number of imide groups is 1. The van der Waals surface area contributed by atoms with E-state index >= 15 is 0 Å². The Labute approximate surface area is 110 Å². The Morgan fingerprint density at radius 1 is 1.26 bits per heavy atom. The van der Waals surface area contributed by atoms with E-state index in [1.54, 1.807) is 0 Å². The molecule has 2 aliphatic rings. The van der Waals surface area contributed by atoms with Crippen molar-refractivity contribution in [2.45, 2.75) is 32.7 Å². The van der Waals surface area contributed by atoms with Crippen LogP contribution >= 0.6 is 0 Å². The van der Waals surface area contributed by atoms with E-state index in [9.17, 15) is 9.59 Å². The third kappa shape index (κ3) is 1.97. The van der Waals surface area contributed by atoms with Crippen LogP contribution in [0.25, 0.3) is 0 Å². The van der Waals surface area contributed by atoms with E-state index < -0.39 is 0 Å². The predicted octanol–water partition coefficient (Wildman–Crippen LogP) is 1.08. The molecule has 2 unspecified atom stereocenters. The summed E-state index contributed by atoms with van der Waals surface area (Å²) >= 11 is 0. The lowest BCUT2D eigenvalue weighted by Gasteiger charge is -2.14. The van der Waals surface area contributed by atoms with E-state index in [0.717, 1.165) is 0 Å². The molecule has 6 heteroatoms. The molecule has 3 rings (SSSR count). The minimum Gasteiger partial charge on any atom is -0.339 e. The highest BCUT2D eigenvalue weighted by Gasteiger charge is 2.47. The molecular weight excluding hydrogens is 246 g/mol. The molecule has 2 amide bonds. The Bertz CT molecular complexity index is 523. The van der Waals surface area contributed by atoms with Crippen LogP contribution in [0.1, 0.15) is 31.5 Å². The number of carbonyl (C=O) groups is 2. The summed E-state index contributed by atoms with van der Waals surface area (Å²) in [4.78, 5) is 29.8. The standard InChI is InChI=1S/C13H15N3O3/c1-2-11-14-10(15-19-11)7-16-12(17)8-5-3-4-6-9(8)13(16)18/h3-4,8-9H,2,5-7H2,1H3. The Morgan fingerprint density at radius 2 is 1.89 bits per heavy atom. The van der Waals surface area contributed by atoms with E-state index in [1.165, 1.54) is 4.90 Å². The van der Waals surface area contributed by atoms with Crippen molar-refractivity contribution >= 4 is 11.8 Å². The van der Waals surface area contributed by atoms with Crippen molar-refractivity contribution in [1.82, 2.24) is 15.0 Å². The minimum absolute atomic E-state index is 0.109. The van der Waals surface area contributed by atoms with Crippen molar-refractivity contribution in [3.63, 3.8) is 0 Å². The highest BCUT2D eigenvalue weighted by molar-refractivity contribution is 6.05. The van der Waals surface area contributed by atoms with Crippen molar-refractivity contribution in [3.05, 3.63) is 23.9 Å². The number of rotatable bonds is 3. The first kappa shape index (κ1) is 12.1. The van der Waals surface area contributed by atoms with Crippen LogP contribution in [0.5, 0.6) is 0 Å². The molecule has 0 aromatic carbocycles. The zero-order valence-corrected chi connectivity index (χ0v) is 10.7. The Hall–Kier alpha value is -1.98. The van der Waals surface area contributed by atoms with E-state index in [2.05, 4.69) is 10.1 Å². The fraction of sp³-hybridized carbons (Fsp3) is 0.538. The molecule has 1 aromatic heterocycles. The third-order valence-electron chi connectivity index (χ3n) is 3.71. The van der Waals surface area contributed by atoms with Gasteiger partial charge in [-0.15, -0.1) is 0 Å². The van der Waals surface area contributed by atoms with Gasteiger partial charge in [0.25, 0.3) is 0 Å². The average molecular weight is 261 g/mol. The number of hydrogen-bond donors (Lipinski definition) is 0. The van der Waals surface area contributed by atoms with E-state index in [0.29, 0.717) is 31.0 Å². The fourth-order valence-electron chi connectivity index (χ4n) is 2.66. The van der Waals surface area contributed by atoms with Gasteiger partial charge in [0.15, 0.2) is 5.82 Å². The highest BCUT2D eigenvalue weighted by atomic mass is 16.5. The number of aryl methyl sites for hydroxylation is 1. The molecule has 1 aliphatic heterocycles. The van der Waals surface area contributed by atoms with Gasteiger partial charge in [0.1, 0.15) is 0 Å². The summed E-state index contributed by atoms with van der Waals surface area (Å²) in [6, 6.07) is 0. The lowest BCUT2D eigenvalue weighted by molar-refractivity contribution is -0.140. The second-order valence-electron chi connectivity index (χ2n) is 4.88. The second-order valence-corrected chi connectivity index (χ2v) is 4.88. The van der Waals surface area contributed by atoms with Crippen LogP contribution in [0.4, 0.5) is 0 Å². The first-order chi connectivity index (χ1) is 9.20. The number of hydrogen-bond acceptors (Lipinski definition) is 5. The van der Waals surface area contributed by atoms with Crippen molar-refractivity contribution < 1.29 is 14.1 Å². The second kappa shape index (κ2) is 4.60. The van der Waals surface area contributed by atoms with Gasteiger partial charge in [-0.25, -0.2) is 0 Å². The highest BCUT2D eigenvalue weighted by Crippen LogP contribution is 2.35. The molecule has 0 spiro atoms. The van der Waals surface area contributed by atoms with E-state index in [4.69, 9.17) is 4.52 Å². The molecule has 6 nitrogen and oxygen atoms in total. The average Bonchev–Trinajstić information content (AvgIpc) is 2.99. The summed E-state index contributed by atoms with van der Waals surface area (Å²) in [6.45, 7) is 2.03. The first-order valence-corrected chi connectivity index (χ1v) is 6.52. The monoisotopic (exact) mass is 261 g/mol. The zero-order chi connectivity index (χ0) is 13.4. The number of aromatic nitrogens is 2. The molecular formula is C13H15N3O3. The van der Waals surface area contributed by atoms with Crippen LogP contribution in [0.2, 0.25) is 0 Å². The summed E-state index contributed by atoms with van der Waals surface area (Å²) < 4.78 is 4.99. The van der Waals surface area contributed by atoms with Crippen molar-refractivity contribution in [2.75, 3.05) is 0 Å². The number of allylic oxidation sites excluding steroid dienone is 2. The van der Waals surface area contributed by atoms with Crippen molar-refractivity contribution in [3.8, 4) is 0 Å². The van der Waals surface area contributed by atoms with Gasteiger partial charge in [0.2, 0.25) is 17.7 Å². The molecule has 2 atom stereocenters. The maximum absolute atomic E-state index is 12.2. The maximum Gasteiger partial charge on any atom is 0.233 e. The molecule has 1 aliphatic carbocycles. The molecule has 0 radical (unpaired) electrons. The van der Waals surface area contributed by atoms with E-state index in [-0.39, 0.29) is 30.2 Å². The van der Waals surface area contributed by atoms with Crippen LogP contribution < -0.4 is 0 Å².